The number of nitrogens with zero attached hydrogens (tertiary/aromatic N) is 3. The number of hydrogen-bond acceptors (Lipinski definition) is 4. The molecule has 0 bridgehead atoms. The van der Waals surface area contributed by atoms with Crippen LogP contribution in [-0.2, 0) is 17.5 Å². The molecule has 1 amide bonds. The SMILES string of the molecule is CC(=O)N1CCN(c2nc(C(F)(F)F)ccc2CN)CC1. The van der Waals surface area contributed by atoms with Crippen LogP contribution < -0.4 is 10.6 Å². The molecule has 1 aromatic heterocycles. The molecule has 0 radical (unpaired) electrons. The van der Waals surface area contributed by atoms with Crippen molar-refractivity contribution in [1.82, 2.24) is 9.88 Å². The molecule has 0 saturated carbocycles. The Morgan fingerprint density at radius 1 is 1.29 bits per heavy atom. The largest absolute Gasteiger partial charge is 0.433 e. The van der Waals surface area contributed by atoms with Crippen molar-refractivity contribution in [3.05, 3.63) is 23.4 Å². The molecule has 21 heavy (non-hydrogen) atoms. The number of alkyl halides is 3. The fourth-order valence-corrected chi connectivity index (χ4v) is 2.30. The van der Waals surface area contributed by atoms with Gasteiger partial charge in [-0.25, -0.2) is 4.98 Å². The summed E-state index contributed by atoms with van der Waals surface area (Å²) in [5, 5.41) is 0. The van der Waals surface area contributed by atoms with E-state index in [1.165, 1.54) is 13.0 Å². The summed E-state index contributed by atoms with van der Waals surface area (Å²) in [5.74, 6) is 0.223. The number of aromatic nitrogens is 1. The fourth-order valence-electron chi connectivity index (χ4n) is 2.30. The summed E-state index contributed by atoms with van der Waals surface area (Å²) in [5.41, 5.74) is 5.22. The highest BCUT2D eigenvalue weighted by atomic mass is 19.4. The summed E-state index contributed by atoms with van der Waals surface area (Å²) in [7, 11) is 0. The van der Waals surface area contributed by atoms with Gasteiger partial charge in [0.25, 0.3) is 0 Å². The summed E-state index contributed by atoms with van der Waals surface area (Å²) in [6, 6.07) is 2.31. The topological polar surface area (TPSA) is 62.5 Å². The third-order valence-corrected chi connectivity index (χ3v) is 3.49. The average molecular weight is 302 g/mol. The molecule has 116 valence electrons. The quantitative estimate of drug-likeness (QED) is 0.892. The van der Waals surface area contributed by atoms with Gasteiger partial charge < -0.3 is 15.5 Å². The third kappa shape index (κ3) is 3.44. The highest BCUT2D eigenvalue weighted by molar-refractivity contribution is 5.73. The van der Waals surface area contributed by atoms with Crippen molar-refractivity contribution in [2.75, 3.05) is 31.1 Å². The van der Waals surface area contributed by atoms with E-state index in [2.05, 4.69) is 4.98 Å². The first-order chi connectivity index (χ1) is 9.82. The maximum Gasteiger partial charge on any atom is 0.433 e. The molecule has 1 aromatic rings. The first kappa shape index (κ1) is 15.6. The molecule has 1 fully saturated rings. The molecule has 0 atom stereocenters. The fraction of sp³-hybridized carbons (Fsp3) is 0.538. The van der Waals surface area contributed by atoms with E-state index in [1.54, 1.807) is 9.80 Å². The first-order valence-corrected chi connectivity index (χ1v) is 6.60. The monoisotopic (exact) mass is 302 g/mol. The molecule has 8 heteroatoms. The summed E-state index contributed by atoms with van der Waals surface area (Å²) in [6.07, 6.45) is -4.48. The zero-order chi connectivity index (χ0) is 15.6. The van der Waals surface area contributed by atoms with Crippen LogP contribution in [-0.4, -0.2) is 42.0 Å². The van der Waals surface area contributed by atoms with Crippen LogP contribution in [0.4, 0.5) is 19.0 Å². The van der Waals surface area contributed by atoms with Gasteiger partial charge >= 0.3 is 6.18 Å². The lowest BCUT2D eigenvalue weighted by molar-refractivity contribution is -0.141. The van der Waals surface area contributed by atoms with Crippen LogP contribution in [0.5, 0.6) is 0 Å². The van der Waals surface area contributed by atoms with Crippen LogP contribution in [0.3, 0.4) is 0 Å². The van der Waals surface area contributed by atoms with Crippen LogP contribution in [0.25, 0.3) is 0 Å². The first-order valence-electron chi connectivity index (χ1n) is 6.60. The maximum atomic E-state index is 12.8. The van der Waals surface area contributed by atoms with Gasteiger partial charge in [0.2, 0.25) is 5.91 Å². The molecule has 0 unspecified atom stereocenters. The van der Waals surface area contributed by atoms with Gasteiger partial charge in [-0.15, -0.1) is 0 Å². The lowest BCUT2D eigenvalue weighted by Crippen LogP contribution is -2.48. The molecule has 2 rings (SSSR count). The number of halogens is 3. The molecular formula is C13H17F3N4O. The number of anilines is 1. The van der Waals surface area contributed by atoms with Gasteiger partial charge in [0.1, 0.15) is 11.5 Å². The van der Waals surface area contributed by atoms with Gasteiger partial charge in [-0.05, 0) is 6.07 Å². The van der Waals surface area contributed by atoms with Crippen LogP contribution in [0.2, 0.25) is 0 Å². The van der Waals surface area contributed by atoms with Crippen molar-refractivity contribution in [3.63, 3.8) is 0 Å². The lowest BCUT2D eigenvalue weighted by atomic mass is 10.2. The Bertz CT molecular complexity index is 525. The number of piperazine rings is 1. The van der Waals surface area contributed by atoms with Crippen molar-refractivity contribution < 1.29 is 18.0 Å². The van der Waals surface area contributed by atoms with E-state index in [0.717, 1.165) is 6.07 Å². The number of nitrogens with two attached hydrogens (primary N) is 1. The van der Waals surface area contributed by atoms with E-state index >= 15 is 0 Å². The van der Waals surface area contributed by atoms with Crippen LogP contribution in [0.1, 0.15) is 18.2 Å². The van der Waals surface area contributed by atoms with Gasteiger partial charge in [-0.1, -0.05) is 6.07 Å². The lowest BCUT2D eigenvalue weighted by Gasteiger charge is -2.36. The Labute approximate surface area is 120 Å². The van der Waals surface area contributed by atoms with Crippen LogP contribution in [0, 0.1) is 0 Å². The van der Waals surface area contributed by atoms with Crippen molar-refractivity contribution in [2.45, 2.75) is 19.6 Å². The molecule has 1 saturated heterocycles. The highest BCUT2D eigenvalue weighted by Crippen LogP contribution is 2.30. The predicted octanol–water partition coefficient (Wildman–Crippen LogP) is 1.23. The van der Waals surface area contributed by atoms with Gasteiger partial charge in [-0.2, -0.15) is 13.2 Å². The van der Waals surface area contributed by atoms with Crippen molar-refractivity contribution in [2.24, 2.45) is 5.73 Å². The van der Waals surface area contributed by atoms with E-state index in [4.69, 9.17) is 5.73 Å². The second-order valence-electron chi connectivity index (χ2n) is 4.87. The van der Waals surface area contributed by atoms with Gasteiger partial charge in [-0.3, -0.25) is 4.79 Å². The Hall–Kier alpha value is -1.83. The number of rotatable bonds is 2. The molecule has 1 aliphatic heterocycles. The smallest absolute Gasteiger partial charge is 0.353 e. The Morgan fingerprint density at radius 3 is 2.38 bits per heavy atom. The molecule has 1 aliphatic rings. The zero-order valence-corrected chi connectivity index (χ0v) is 11.7. The third-order valence-electron chi connectivity index (χ3n) is 3.49. The highest BCUT2D eigenvalue weighted by Gasteiger charge is 2.34. The summed E-state index contributed by atoms with van der Waals surface area (Å²) < 4.78 is 38.3. The van der Waals surface area contributed by atoms with E-state index < -0.39 is 11.9 Å². The number of pyridine rings is 1. The minimum Gasteiger partial charge on any atom is -0.353 e. The molecule has 5 nitrogen and oxygen atoms in total. The number of hydrogen-bond donors (Lipinski definition) is 1. The van der Waals surface area contributed by atoms with E-state index in [0.29, 0.717) is 31.7 Å². The van der Waals surface area contributed by atoms with E-state index in [9.17, 15) is 18.0 Å². The minimum atomic E-state index is -4.48. The summed E-state index contributed by atoms with van der Waals surface area (Å²) >= 11 is 0. The second kappa shape index (κ2) is 5.88. The Kier molecular flexibility index (Phi) is 4.36. The second-order valence-corrected chi connectivity index (χ2v) is 4.87. The molecule has 2 heterocycles. The van der Waals surface area contributed by atoms with Crippen LogP contribution >= 0.6 is 0 Å². The number of carbonyl (C=O) groups excluding carboxylic acids is 1. The molecule has 0 spiro atoms. The zero-order valence-electron chi connectivity index (χ0n) is 11.7. The summed E-state index contributed by atoms with van der Waals surface area (Å²) in [4.78, 5) is 18.4. The van der Waals surface area contributed by atoms with Gasteiger partial charge in [0, 0.05) is 45.2 Å². The molecule has 2 N–H and O–H groups in total. The molecular weight excluding hydrogens is 285 g/mol. The average Bonchev–Trinajstić information content (AvgIpc) is 2.45. The summed E-state index contributed by atoms with van der Waals surface area (Å²) in [6.45, 7) is 3.42. The van der Waals surface area contributed by atoms with E-state index in [-0.39, 0.29) is 18.3 Å². The van der Waals surface area contributed by atoms with Crippen molar-refractivity contribution in [3.8, 4) is 0 Å². The predicted molar refractivity (Wildman–Crippen MR) is 71.6 cm³/mol. The number of amides is 1. The standard InChI is InChI=1S/C13H17F3N4O/c1-9(21)19-4-6-20(7-5-19)12-10(8-17)2-3-11(18-12)13(14,15)16/h2-3H,4-8,17H2,1H3. The Balaban J connectivity index is 2.24. The maximum absolute atomic E-state index is 12.8. The van der Waals surface area contributed by atoms with E-state index in [1.807, 2.05) is 0 Å². The van der Waals surface area contributed by atoms with Crippen molar-refractivity contribution >= 4 is 11.7 Å². The molecule has 0 aromatic carbocycles. The van der Waals surface area contributed by atoms with Gasteiger partial charge in [0.15, 0.2) is 0 Å². The number of carbonyl (C=O) groups is 1. The van der Waals surface area contributed by atoms with Crippen molar-refractivity contribution in [1.29, 1.82) is 0 Å². The normalized spacial score (nSPS) is 16.2. The minimum absolute atomic E-state index is 0.0364. The van der Waals surface area contributed by atoms with Crippen LogP contribution in [0.15, 0.2) is 12.1 Å². The van der Waals surface area contributed by atoms with Gasteiger partial charge in [0.05, 0.1) is 0 Å². The molecule has 0 aliphatic carbocycles. The Morgan fingerprint density at radius 2 is 1.90 bits per heavy atom.